The topological polar surface area (TPSA) is 58.0 Å². The summed E-state index contributed by atoms with van der Waals surface area (Å²) in [6, 6.07) is 16.5. The Balaban J connectivity index is 1.26. The van der Waals surface area contributed by atoms with Crippen LogP contribution in [0.3, 0.4) is 0 Å². The van der Waals surface area contributed by atoms with E-state index in [-0.39, 0.29) is 0 Å². The van der Waals surface area contributed by atoms with E-state index in [2.05, 4.69) is 44.9 Å². The molecule has 2 aromatic carbocycles. The summed E-state index contributed by atoms with van der Waals surface area (Å²) in [4.78, 5) is 8.80. The van der Waals surface area contributed by atoms with Crippen molar-refractivity contribution in [3.8, 4) is 11.5 Å². The second-order valence-corrected chi connectivity index (χ2v) is 8.12. The van der Waals surface area contributed by atoms with Gasteiger partial charge in [0.2, 0.25) is 0 Å². The maximum absolute atomic E-state index is 5.96. The third-order valence-electron chi connectivity index (χ3n) is 4.12. The van der Waals surface area contributed by atoms with Crippen molar-refractivity contribution in [2.75, 3.05) is 26.2 Å². The van der Waals surface area contributed by atoms with Crippen LogP contribution in [0.15, 0.2) is 58.5 Å². The zero-order valence-electron chi connectivity index (χ0n) is 15.0. The standard InChI is InChI=1S/C20H22N4OS2/c1-5-17(6-2-15(1)13-26-19-21-9-10-22-19)25-18-7-3-16(4-8-18)14-27-20-23-11-12-24-20/h1-8H,9-14H2,(H,21,22)(H,23,24). The molecule has 2 heterocycles. The van der Waals surface area contributed by atoms with Crippen LogP contribution in [-0.2, 0) is 11.5 Å². The number of nitrogens with one attached hydrogen (secondary N) is 2. The van der Waals surface area contributed by atoms with Crippen molar-refractivity contribution in [2.45, 2.75) is 11.5 Å². The van der Waals surface area contributed by atoms with Gasteiger partial charge in [-0.3, -0.25) is 9.98 Å². The van der Waals surface area contributed by atoms with Gasteiger partial charge in [0.05, 0.1) is 13.1 Å². The summed E-state index contributed by atoms with van der Waals surface area (Å²) in [5, 5.41) is 8.65. The van der Waals surface area contributed by atoms with E-state index >= 15 is 0 Å². The summed E-state index contributed by atoms with van der Waals surface area (Å²) in [5.41, 5.74) is 2.53. The average Bonchev–Trinajstić information content (AvgIpc) is 3.41. The first-order chi connectivity index (χ1) is 13.3. The highest BCUT2D eigenvalue weighted by Gasteiger charge is 2.07. The fraction of sp³-hybridized carbons (Fsp3) is 0.300. The number of amidine groups is 2. The van der Waals surface area contributed by atoms with Crippen molar-refractivity contribution in [1.82, 2.24) is 10.6 Å². The van der Waals surface area contributed by atoms with Crippen LogP contribution in [0.2, 0.25) is 0 Å². The largest absolute Gasteiger partial charge is 0.457 e. The van der Waals surface area contributed by atoms with Gasteiger partial charge in [0.1, 0.15) is 11.5 Å². The Bertz CT molecular complexity index is 749. The minimum absolute atomic E-state index is 0.853. The molecule has 5 nitrogen and oxygen atoms in total. The quantitative estimate of drug-likeness (QED) is 0.774. The number of hydrogen-bond acceptors (Lipinski definition) is 7. The first-order valence-corrected chi connectivity index (χ1v) is 11.0. The SMILES string of the molecule is c1cc(Oc2ccc(CSC3=NCCN3)cc2)ccc1CSC1=NCCN1. The predicted octanol–water partition coefficient (Wildman–Crippen LogP) is 3.86. The number of benzene rings is 2. The highest BCUT2D eigenvalue weighted by molar-refractivity contribution is 8.13. The van der Waals surface area contributed by atoms with Gasteiger partial charge in [0.15, 0.2) is 10.3 Å². The Labute approximate surface area is 168 Å². The first kappa shape index (κ1) is 18.3. The van der Waals surface area contributed by atoms with Crippen LogP contribution in [0.1, 0.15) is 11.1 Å². The molecule has 0 radical (unpaired) electrons. The van der Waals surface area contributed by atoms with E-state index in [9.17, 15) is 0 Å². The zero-order chi connectivity index (χ0) is 18.3. The normalized spacial score (nSPS) is 15.7. The van der Waals surface area contributed by atoms with E-state index in [4.69, 9.17) is 4.74 Å². The lowest BCUT2D eigenvalue weighted by Gasteiger charge is -2.08. The number of thioether (sulfide) groups is 2. The van der Waals surface area contributed by atoms with E-state index in [0.29, 0.717) is 0 Å². The minimum atomic E-state index is 0.853. The highest BCUT2D eigenvalue weighted by Crippen LogP contribution is 2.25. The molecule has 27 heavy (non-hydrogen) atoms. The molecule has 0 saturated heterocycles. The van der Waals surface area contributed by atoms with Crippen molar-refractivity contribution in [3.63, 3.8) is 0 Å². The molecule has 0 amide bonds. The minimum Gasteiger partial charge on any atom is -0.457 e. The van der Waals surface area contributed by atoms with E-state index in [1.165, 1.54) is 11.1 Å². The molecule has 2 aliphatic rings. The van der Waals surface area contributed by atoms with Crippen molar-refractivity contribution in [1.29, 1.82) is 0 Å². The fourth-order valence-corrected chi connectivity index (χ4v) is 4.46. The number of aliphatic imine (C=N–C) groups is 2. The molecule has 7 heteroatoms. The van der Waals surface area contributed by atoms with Crippen LogP contribution in [0.25, 0.3) is 0 Å². The molecule has 0 aromatic heterocycles. The number of rotatable bonds is 6. The van der Waals surface area contributed by atoms with Gasteiger partial charge in [0.25, 0.3) is 0 Å². The zero-order valence-corrected chi connectivity index (χ0v) is 16.6. The van der Waals surface area contributed by atoms with Gasteiger partial charge in [-0.25, -0.2) is 0 Å². The summed E-state index contributed by atoms with van der Waals surface area (Å²) >= 11 is 3.49. The van der Waals surface area contributed by atoms with E-state index < -0.39 is 0 Å². The summed E-state index contributed by atoms with van der Waals surface area (Å²) in [6.07, 6.45) is 0. The molecule has 0 unspecified atom stereocenters. The van der Waals surface area contributed by atoms with Crippen LogP contribution in [0.5, 0.6) is 11.5 Å². The average molecular weight is 399 g/mol. The Morgan fingerprint density at radius 2 is 1.15 bits per heavy atom. The van der Waals surface area contributed by atoms with Gasteiger partial charge in [0, 0.05) is 24.6 Å². The molecule has 4 rings (SSSR count). The third-order valence-corrected chi connectivity index (χ3v) is 6.17. The van der Waals surface area contributed by atoms with E-state index in [1.807, 2.05) is 24.3 Å². The molecule has 2 N–H and O–H groups in total. The second kappa shape index (κ2) is 9.19. The second-order valence-electron chi connectivity index (χ2n) is 6.19. The van der Waals surface area contributed by atoms with Crippen LogP contribution in [0.4, 0.5) is 0 Å². The van der Waals surface area contributed by atoms with Gasteiger partial charge in [-0.2, -0.15) is 0 Å². The maximum Gasteiger partial charge on any atom is 0.157 e. The highest BCUT2D eigenvalue weighted by atomic mass is 32.2. The Morgan fingerprint density at radius 1 is 0.704 bits per heavy atom. The van der Waals surface area contributed by atoms with Gasteiger partial charge in [-0.05, 0) is 35.4 Å². The predicted molar refractivity (Wildman–Crippen MR) is 116 cm³/mol. The van der Waals surface area contributed by atoms with Crippen molar-refractivity contribution in [2.24, 2.45) is 9.98 Å². The molecule has 2 aromatic rings. The van der Waals surface area contributed by atoms with Crippen LogP contribution in [0, 0.1) is 0 Å². The molecule has 0 spiro atoms. The van der Waals surface area contributed by atoms with Crippen LogP contribution in [-0.4, -0.2) is 36.5 Å². The molecule has 140 valence electrons. The van der Waals surface area contributed by atoms with Gasteiger partial charge in [-0.15, -0.1) is 0 Å². The van der Waals surface area contributed by atoms with Crippen molar-refractivity contribution >= 4 is 33.9 Å². The molecule has 2 aliphatic heterocycles. The van der Waals surface area contributed by atoms with Gasteiger partial charge in [-0.1, -0.05) is 47.8 Å². The molecule has 0 saturated carbocycles. The molecular formula is C20H22N4OS2. The number of hydrogen-bond donors (Lipinski definition) is 2. The molecular weight excluding hydrogens is 376 g/mol. The van der Waals surface area contributed by atoms with Crippen molar-refractivity contribution < 1.29 is 4.74 Å². The van der Waals surface area contributed by atoms with Gasteiger partial charge < -0.3 is 15.4 Å². The van der Waals surface area contributed by atoms with Crippen LogP contribution >= 0.6 is 23.5 Å². The summed E-state index contributed by atoms with van der Waals surface area (Å²) in [6.45, 7) is 3.69. The van der Waals surface area contributed by atoms with Crippen molar-refractivity contribution in [3.05, 3.63) is 59.7 Å². The molecule has 0 atom stereocenters. The van der Waals surface area contributed by atoms with E-state index in [0.717, 1.165) is 59.5 Å². The maximum atomic E-state index is 5.96. The molecule has 0 aliphatic carbocycles. The van der Waals surface area contributed by atoms with Gasteiger partial charge >= 0.3 is 0 Å². The Hall–Kier alpha value is -2.12. The molecule has 0 fully saturated rings. The Morgan fingerprint density at radius 3 is 1.52 bits per heavy atom. The lowest BCUT2D eigenvalue weighted by molar-refractivity contribution is 0.482. The van der Waals surface area contributed by atoms with E-state index in [1.54, 1.807) is 23.5 Å². The van der Waals surface area contributed by atoms with Crippen LogP contribution < -0.4 is 15.4 Å². The molecule has 0 bridgehead atoms. The Kier molecular flexibility index (Phi) is 6.21. The third kappa shape index (κ3) is 5.43. The summed E-state index contributed by atoms with van der Waals surface area (Å²) < 4.78 is 5.96. The smallest absolute Gasteiger partial charge is 0.157 e. The summed E-state index contributed by atoms with van der Waals surface area (Å²) in [5.74, 6) is 3.54. The summed E-state index contributed by atoms with van der Waals surface area (Å²) in [7, 11) is 0. The lowest BCUT2D eigenvalue weighted by Crippen LogP contribution is -2.14. The number of nitrogens with zero attached hydrogens (tertiary/aromatic N) is 2. The monoisotopic (exact) mass is 398 g/mol. The fourth-order valence-electron chi connectivity index (χ4n) is 2.69. The first-order valence-electron chi connectivity index (χ1n) is 9.03. The number of ether oxygens (including phenoxy) is 1. The lowest BCUT2D eigenvalue weighted by atomic mass is 10.2.